The third-order valence-electron chi connectivity index (χ3n) is 3.08. The van der Waals surface area contributed by atoms with Gasteiger partial charge in [0, 0.05) is 27.9 Å². The molecule has 10 nitrogen and oxygen atoms in total. The van der Waals surface area contributed by atoms with E-state index < -0.39 is 48.6 Å². The molecule has 2 N–H and O–H groups in total. The van der Waals surface area contributed by atoms with Gasteiger partial charge in [0.2, 0.25) is 0 Å². The van der Waals surface area contributed by atoms with Crippen LogP contribution in [0.5, 0.6) is 0 Å². The lowest BCUT2D eigenvalue weighted by Gasteiger charge is -2.43. The lowest BCUT2D eigenvalue weighted by atomic mass is 9.97. The molecule has 5 atom stereocenters. The van der Waals surface area contributed by atoms with Gasteiger partial charge in [-0.2, -0.15) is 5.48 Å². The van der Waals surface area contributed by atoms with Crippen molar-refractivity contribution in [3.05, 3.63) is 0 Å². The third kappa shape index (κ3) is 5.43. The van der Waals surface area contributed by atoms with Gasteiger partial charge in [0.05, 0.1) is 0 Å². The van der Waals surface area contributed by atoms with E-state index in [4.69, 9.17) is 23.7 Å². The first-order valence-corrected chi connectivity index (χ1v) is 6.85. The summed E-state index contributed by atoms with van der Waals surface area (Å²) in [6, 6.07) is -1.01. The van der Waals surface area contributed by atoms with Crippen LogP contribution in [0.25, 0.3) is 0 Å². The van der Waals surface area contributed by atoms with Crippen molar-refractivity contribution < 1.29 is 43.3 Å². The molecule has 1 fully saturated rings. The average molecular weight is 335 g/mol. The molecule has 1 aliphatic heterocycles. The van der Waals surface area contributed by atoms with Crippen LogP contribution in [0, 0.1) is 0 Å². The second kappa shape index (κ2) is 8.77. The van der Waals surface area contributed by atoms with Gasteiger partial charge in [0.1, 0.15) is 18.8 Å². The molecule has 0 saturated carbocycles. The highest BCUT2D eigenvalue weighted by Crippen LogP contribution is 2.27. The minimum atomic E-state index is -1.11. The van der Waals surface area contributed by atoms with Crippen LogP contribution in [0.4, 0.5) is 0 Å². The van der Waals surface area contributed by atoms with E-state index in [1.54, 1.807) is 0 Å². The number of hydroxylamine groups is 1. The van der Waals surface area contributed by atoms with Crippen LogP contribution in [-0.2, 0) is 38.1 Å². The molecule has 0 unspecified atom stereocenters. The van der Waals surface area contributed by atoms with Crippen molar-refractivity contribution in [2.45, 2.75) is 51.4 Å². The third-order valence-corrected chi connectivity index (χ3v) is 3.08. The molecule has 1 rings (SSSR count). The maximum absolute atomic E-state index is 11.3. The van der Waals surface area contributed by atoms with Gasteiger partial charge in [0.15, 0.2) is 18.5 Å². The number of esters is 3. The average Bonchev–Trinajstić information content (AvgIpc) is 2.45. The summed E-state index contributed by atoms with van der Waals surface area (Å²) in [4.78, 5) is 33.7. The van der Waals surface area contributed by atoms with Gasteiger partial charge in [-0.05, 0) is 0 Å². The topological polar surface area (TPSA) is 130 Å². The Morgan fingerprint density at radius 3 is 2.04 bits per heavy atom. The van der Waals surface area contributed by atoms with E-state index >= 15 is 0 Å². The first-order valence-electron chi connectivity index (χ1n) is 6.85. The fourth-order valence-corrected chi connectivity index (χ4v) is 2.24. The Labute approximate surface area is 132 Å². The van der Waals surface area contributed by atoms with Gasteiger partial charge in [0.25, 0.3) is 0 Å². The minimum Gasteiger partial charge on any atom is -0.463 e. The van der Waals surface area contributed by atoms with Crippen molar-refractivity contribution >= 4 is 17.9 Å². The highest BCUT2D eigenvalue weighted by atomic mass is 16.7. The quantitative estimate of drug-likeness (QED) is 0.359. The van der Waals surface area contributed by atoms with E-state index in [0.717, 1.165) is 13.8 Å². The summed E-state index contributed by atoms with van der Waals surface area (Å²) >= 11 is 0. The van der Waals surface area contributed by atoms with Gasteiger partial charge in [-0.15, -0.1) is 0 Å². The van der Waals surface area contributed by atoms with Gasteiger partial charge in [-0.3, -0.25) is 14.4 Å². The number of rotatable bonds is 6. The first kappa shape index (κ1) is 19.3. The van der Waals surface area contributed by atoms with Crippen molar-refractivity contribution in [1.82, 2.24) is 5.48 Å². The summed E-state index contributed by atoms with van der Waals surface area (Å²) in [6.45, 7) is 3.29. The predicted molar refractivity (Wildman–Crippen MR) is 72.1 cm³/mol. The standard InChI is InChI=1S/C13H21NO9/c1-6(15)20-5-9-11(21-7(2)16)12(22-8(3)17)10(14-18)13(19-4)23-9/h9-14,18H,5H2,1-4H3/t9-,10-,11-,12-,13-/m1/s1. The van der Waals surface area contributed by atoms with E-state index in [1.807, 2.05) is 5.48 Å². The number of carbonyl (C=O) groups excluding carboxylic acids is 3. The van der Waals surface area contributed by atoms with Crippen LogP contribution < -0.4 is 5.48 Å². The van der Waals surface area contributed by atoms with Crippen LogP contribution in [0.15, 0.2) is 0 Å². The Morgan fingerprint density at radius 1 is 1.04 bits per heavy atom. The number of hydrogen-bond acceptors (Lipinski definition) is 10. The van der Waals surface area contributed by atoms with E-state index in [0.29, 0.717) is 0 Å². The van der Waals surface area contributed by atoms with E-state index in [2.05, 4.69) is 0 Å². The maximum Gasteiger partial charge on any atom is 0.303 e. The molecule has 0 aliphatic carbocycles. The summed E-state index contributed by atoms with van der Waals surface area (Å²) in [5, 5.41) is 9.31. The lowest BCUT2D eigenvalue weighted by molar-refractivity contribution is -0.281. The van der Waals surface area contributed by atoms with Gasteiger partial charge < -0.3 is 28.9 Å². The smallest absolute Gasteiger partial charge is 0.303 e. The second-order valence-corrected chi connectivity index (χ2v) is 4.88. The molecule has 0 aromatic heterocycles. The Bertz CT molecular complexity index is 441. The van der Waals surface area contributed by atoms with Crippen LogP contribution >= 0.6 is 0 Å². The number of carbonyl (C=O) groups is 3. The number of ether oxygens (including phenoxy) is 5. The normalized spacial score (nSPS) is 30.4. The molecule has 0 radical (unpaired) electrons. The Morgan fingerprint density at radius 2 is 1.61 bits per heavy atom. The van der Waals surface area contributed by atoms with E-state index in [-0.39, 0.29) is 6.61 Å². The van der Waals surface area contributed by atoms with Crippen molar-refractivity contribution in [2.24, 2.45) is 0 Å². The zero-order valence-corrected chi connectivity index (χ0v) is 13.3. The number of methoxy groups -OCH3 is 1. The van der Waals surface area contributed by atoms with Gasteiger partial charge in [-0.25, -0.2) is 0 Å². The van der Waals surface area contributed by atoms with Crippen LogP contribution in [0.3, 0.4) is 0 Å². The SMILES string of the molecule is CO[C@@H]1O[C@H](COC(C)=O)[C@@H](OC(C)=O)[C@H](OC(C)=O)[C@H]1NO. The Kier molecular flexibility index (Phi) is 7.36. The fourth-order valence-electron chi connectivity index (χ4n) is 2.24. The van der Waals surface area contributed by atoms with Crippen LogP contribution in [0.2, 0.25) is 0 Å². The fraction of sp³-hybridized carbons (Fsp3) is 0.769. The highest BCUT2D eigenvalue weighted by Gasteiger charge is 2.50. The monoisotopic (exact) mass is 335 g/mol. The number of nitrogens with one attached hydrogen (secondary N) is 1. The van der Waals surface area contributed by atoms with Crippen molar-refractivity contribution in [3.8, 4) is 0 Å². The lowest BCUT2D eigenvalue weighted by Crippen LogP contribution is -2.65. The van der Waals surface area contributed by atoms with Crippen LogP contribution in [-0.4, -0.2) is 67.5 Å². The molecule has 23 heavy (non-hydrogen) atoms. The minimum absolute atomic E-state index is 0.247. The zero-order chi connectivity index (χ0) is 17.6. The molecule has 0 amide bonds. The summed E-state index contributed by atoms with van der Waals surface area (Å²) in [5.74, 6) is -1.87. The highest BCUT2D eigenvalue weighted by molar-refractivity contribution is 5.67. The Balaban J connectivity index is 3.08. The van der Waals surface area contributed by atoms with Gasteiger partial charge in [-0.1, -0.05) is 0 Å². The predicted octanol–water partition coefficient (Wildman–Crippen LogP) is -0.868. The summed E-state index contributed by atoms with van der Waals surface area (Å²) < 4.78 is 25.8. The molecular weight excluding hydrogens is 314 g/mol. The summed E-state index contributed by atoms with van der Waals surface area (Å²) in [7, 11) is 1.31. The zero-order valence-electron chi connectivity index (χ0n) is 13.3. The molecule has 0 spiro atoms. The summed E-state index contributed by atoms with van der Waals surface area (Å²) in [5.41, 5.74) is 1.92. The van der Waals surface area contributed by atoms with Crippen molar-refractivity contribution in [1.29, 1.82) is 0 Å². The molecule has 0 bridgehead atoms. The molecule has 0 aromatic rings. The van der Waals surface area contributed by atoms with E-state index in [9.17, 15) is 19.6 Å². The van der Waals surface area contributed by atoms with Gasteiger partial charge >= 0.3 is 17.9 Å². The molecule has 0 aromatic carbocycles. The summed E-state index contributed by atoms with van der Waals surface area (Å²) in [6.07, 6.45) is -4.19. The van der Waals surface area contributed by atoms with Crippen LogP contribution in [0.1, 0.15) is 20.8 Å². The number of hydrogen-bond donors (Lipinski definition) is 2. The molecular formula is C13H21NO9. The van der Waals surface area contributed by atoms with E-state index in [1.165, 1.54) is 14.0 Å². The maximum atomic E-state index is 11.3. The molecule has 1 aliphatic rings. The van der Waals surface area contributed by atoms with Crippen molar-refractivity contribution in [2.75, 3.05) is 13.7 Å². The molecule has 10 heteroatoms. The second-order valence-electron chi connectivity index (χ2n) is 4.88. The van der Waals surface area contributed by atoms with Crippen molar-refractivity contribution in [3.63, 3.8) is 0 Å². The largest absolute Gasteiger partial charge is 0.463 e. The first-order chi connectivity index (χ1) is 10.8. The molecule has 132 valence electrons. The molecule has 1 saturated heterocycles. The Hall–Kier alpha value is -1.75. The molecule has 1 heterocycles.